The van der Waals surface area contributed by atoms with Gasteiger partial charge in [0.15, 0.2) is 6.61 Å². The number of ether oxygens (including phenoxy) is 1. The largest absolute Gasteiger partial charge is 0.468 e. The molecule has 1 aromatic heterocycles. The maximum Gasteiger partial charge on any atom is 0.422 e. The maximum atomic E-state index is 11.8. The monoisotopic (exact) mass is 219 g/mol. The van der Waals surface area contributed by atoms with E-state index in [1.165, 1.54) is 12.3 Å². The lowest BCUT2D eigenvalue weighted by atomic mass is 10.1. The Kier molecular flexibility index (Phi) is 3.55. The molecule has 0 aliphatic heterocycles. The van der Waals surface area contributed by atoms with Gasteiger partial charge >= 0.3 is 6.18 Å². The standard InChI is InChI=1S/C10H12F3NO/c1-7(2)8-3-4-9(14-5-8)15-6-10(11,12)13/h3-5,7H,6H2,1-2H3. The first-order valence-corrected chi connectivity index (χ1v) is 4.54. The fourth-order valence-electron chi connectivity index (χ4n) is 0.974. The molecule has 0 N–H and O–H groups in total. The summed E-state index contributed by atoms with van der Waals surface area (Å²) in [5.41, 5.74) is 0.967. The first-order valence-electron chi connectivity index (χ1n) is 4.54. The first kappa shape index (κ1) is 11.8. The number of alkyl halides is 3. The second kappa shape index (κ2) is 4.51. The van der Waals surface area contributed by atoms with E-state index in [9.17, 15) is 13.2 Å². The van der Waals surface area contributed by atoms with Gasteiger partial charge in [0.2, 0.25) is 5.88 Å². The Morgan fingerprint density at radius 2 is 2.00 bits per heavy atom. The fraction of sp³-hybridized carbons (Fsp3) is 0.500. The number of pyridine rings is 1. The third-order valence-electron chi connectivity index (χ3n) is 1.81. The van der Waals surface area contributed by atoms with Crippen LogP contribution in [0.2, 0.25) is 0 Å². The molecule has 84 valence electrons. The van der Waals surface area contributed by atoms with Crippen LogP contribution in [-0.4, -0.2) is 17.8 Å². The van der Waals surface area contributed by atoms with Crippen LogP contribution >= 0.6 is 0 Å². The van der Waals surface area contributed by atoms with E-state index in [0.29, 0.717) is 5.92 Å². The van der Waals surface area contributed by atoms with Crippen molar-refractivity contribution < 1.29 is 17.9 Å². The zero-order valence-electron chi connectivity index (χ0n) is 8.51. The van der Waals surface area contributed by atoms with E-state index in [1.807, 2.05) is 13.8 Å². The number of aromatic nitrogens is 1. The van der Waals surface area contributed by atoms with Crippen LogP contribution in [0.4, 0.5) is 13.2 Å². The van der Waals surface area contributed by atoms with E-state index < -0.39 is 12.8 Å². The van der Waals surface area contributed by atoms with Crippen molar-refractivity contribution in [2.75, 3.05) is 6.61 Å². The Balaban J connectivity index is 2.57. The lowest BCUT2D eigenvalue weighted by Crippen LogP contribution is -2.19. The number of halogens is 3. The summed E-state index contributed by atoms with van der Waals surface area (Å²) < 4.78 is 39.9. The summed E-state index contributed by atoms with van der Waals surface area (Å²) in [4.78, 5) is 3.78. The zero-order valence-corrected chi connectivity index (χ0v) is 8.51. The average Bonchev–Trinajstić information content (AvgIpc) is 2.14. The van der Waals surface area contributed by atoms with Gasteiger partial charge in [-0.3, -0.25) is 0 Å². The van der Waals surface area contributed by atoms with Crippen molar-refractivity contribution in [1.29, 1.82) is 0 Å². The normalized spacial score (nSPS) is 11.9. The molecule has 1 rings (SSSR count). The van der Waals surface area contributed by atoms with E-state index in [0.717, 1.165) is 5.56 Å². The van der Waals surface area contributed by atoms with E-state index in [1.54, 1.807) is 6.07 Å². The quantitative estimate of drug-likeness (QED) is 0.779. The summed E-state index contributed by atoms with van der Waals surface area (Å²) in [6.45, 7) is 2.65. The van der Waals surface area contributed by atoms with Gasteiger partial charge in [-0.2, -0.15) is 13.2 Å². The molecule has 2 nitrogen and oxygen atoms in total. The van der Waals surface area contributed by atoms with Crippen molar-refractivity contribution in [2.45, 2.75) is 25.9 Å². The van der Waals surface area contributed by atoms with Gasteiger partial charge in [-0.15, -0.1) is 0 Å². The summed E-state index contributed by atoms with van der Waals surface area (Å²) in [6.07, 6.45) is -2.80. The Labute approximate surface area is 86.1 Å². The van der Waals surface area contributed by atoms with Gasteiger partial charge in [-0.1, -0.05) is 19.9 Å². The number of hydrogen-bond acceptors (Lipinski definition) is 2. The molecule has 0 aliphatic carbocycles. The van der Waals surface area contributed by atoms with Crippen LogP contribution in [0, 0.1) is 0 Å². The molecule has 0 amide bonds. The summed E-state index contributed by atoms with van der Waals surface area (Å²) in [5.74, 6) is 0.297. The Bertz CT molecular complexity index is 305. The van der Waals surface area contributed by atoms with Crippen molar-refractivity contribution in [3.63, 3.8) is 0 Å². The van der Waals surface area contributed by atoms with E-state index in [-0.39, 0.29) is 5.88 Å². The van der Waals surface area contributed by atoms with Crippen molar-refractivity contribution in [1.82, 2.24) is 4.98 Å². The van der Waals surface area contributed by atoms with Crippen LogP contribution in [0.1, 0.15) is 25.3 Å². The predicted molar refractivity (Wildman–Crippen MR) is 49.9 cm³/mol. The molecule has 1 aromatic rings. The van der Waals surface area contributed by atoms with Crippen LogP contribution in [0.25, 0.3) is 0 Å². The fourth-order valence-corrected chi connectivity index (χ4v) is 0.974. The van der Waals surface area contributed by atoms with Crippen LogP contribution in [-0.2, 0) is 0 Å². The molecule has 0 atom stereocenters. The molecule has 0 aliphatic rings. The number of nitrogens with zero attached hydrogens (tertiary/aromatic N) is 1. The van der Waals surface area contributed by atoms with Gasteiger partial charge < -0.3 is 4.74 Å². The molecular formula is C10H12F3NO. The Morgan fingerprint density at radius 3 is 2.40 bits per heavy atom. The Morgan fingerprint density at radius 1 is 1.33 bits per heavy atom. The third kappa shape index (κ3) is 4.18. The second-order valence-electron chi connectivity index (χ2n) is 3.49. The minimum absolute atomic E-state index is 0.00303. The van der Waals surface area contributed by atoms with Crippen LogP contribution in [0.5, 0.6) is 5.88 Å². The minimum atomic E-state index is -4.32. The highest BCUT2D eigenvalue weighted by Crippen LogP contribution is 2.19. The lowest BCUT2D eigenvalue weighted by molar-refractivity contribution is -0.154. The molecule has 0 saturated carbocycles. The van der Waals surface area contributed by atoms with Gasteiger partial charge in [0.1, 0.15) is 0 Å². The van der Waals surface area contributed by atoms with Gasteiger partial charge in [-0.25, -0.2) is 4.98 Å². The van der Waals surface area contributed by atoms with Crippen molar-refractivity contribution in [3.8, 4) is 5.88 Å². The summed E-state index contributed by atoms with van der Waals surface area (Å²) in [6, 6.07) is 3.16. The van der Waals surface area contributed by atoms with Gasteiger partial charge in [0.25, 0.3) is 0 Å². The Hall–Kier alpha value is -1.26. The van der Waals surface area contributed by atoms with Crippen molar-refractivity contribution in [2.24, 2.45) is 0 Å². The molecule has 0 bridgehead atoms. The molecule has 0 aromatic carbocycles. The molecule has 0 saturated heterocycles. The molecule has 15 heavy (non-hydrogen) atoms. The molecule has 5 heteroatoms. The second-order valence-corrected chi connectivity index (χ2v) is 3.49. The van der Waals surface area contributed by atoms with E-state index in [4.69, 9.17) is 0 Å². The molecular weight excluding hydrogens is 207 g/mol. The van der Waals surface area contributed by atoms with Crippen molar-refractivity contribution >= 4 is 0 Å². The number of rotatable bonds is 3. The molecule has 0 spiro atoms. The lowest BCUT2D eigenvalue weighted by Gasteiger charge is -2.09. The van der Waals surface area contributed by atoms with Gasteiger partial charge in [-0.05, 0) is 11.5 Å². The first-order chi connectivity index (χ1) is 6.88. The number of hydrogen-bond donors (Lipinski definition) is 0. The molecule has 1 heterocycles. The SMILES string of the molecule is CC(C)c1ccc(OCC(F)(F)F)nc1. The van der Waals surface area contributed by atoms with Crippen LogP contribution < -0.4 is 4.74 Å². The smallest absolute Gasteiger partial charge is 0.422 e. The topological polar surface area (TPSA) is 22.1 Å². The van der Waals surface area contributed by atoms with Gasteiger partial charge in [0.05, 0.1) is 0 Å². The van der Waals surface area contributed by atoms with Crippen LogP contribution in [0.15, 0.2) is 18.3 Å². The van der Waals surface area contributed by atoms with Crippen LogP contribution in [0.3, 0.4) is 0 Å². The summed E-state index contributed by atoms with van der Waals surface area (Å²) >= 11 is 0. The highest BCUT2D eigenvalue weighted by Gasteiger charge is 2.28. The predicted octanol–water partition coefficient (Wildman–Crippen LogP) is 3.15. The highest BCUT2D eigenvalue weighted by atomic mass is 19.4. The summed E-state index contributed by atoms with van der Waals surface area (Å²) in [7, 11) is 0. The molecule has 0 fully saturated rings. The minimum Gasteiger partial charge on any atom is -0.468 e. The van der Waals surface area contributed by atoms with Gasteiger partial charge in [0, 0.05) is 12.3 Å². The van der Waals surface area contributed by atoms with E-state index >= 15 is 0 Å². The highest BCUT2D eigenvalue weighted by molar-refractivity contribution is 5.20. The maximum absolute atomic E-state index is 11.8. The molecule has 0 unspecified atom stereocenters. The van der Waals surface area contributed by atoms with E-state index in [2.05, 4.69) is 9.72 Å². The third-order valence-corrected chi connectivity index (χ3v) is 1.81. The summed E-state index contributed by atoms with van der Waals surface area (Å²) in [5, 5.41) is 0. The zero-order chi connectivity index (χ0) is 11.5. The van der Waals surface area contributed by atoms with Crippen molar-refractivity contribution in [3.05, 3.63) is 23.9 Å². The molecule has 0 radical (unpaired) electrons. The average molecular weight is 219 g/mol.